The Morgan fingerprint density at radius 2 is 1.83 bits per heavy atom. The summed E-state index contributed by atoms with van der Waals surface area (Å²) in [5, 5.41) is 9.41. The zero-order valence-electron chi connectivity index (χ0n) is 15.3. The van der Waals surface area contributed by atoms with Crippen molar-refractivity contribution in [2.75, 3.05) is 0 Å². The highest BCUT2D eigenvalue weighted by molar-refractivity contribution is 5.91. The van der Waals surface area contributed by atoms with Gasteiger partial charge in [0.25, 0.3) is 0 Å². The molecule has 5 atom stereocenters. The molecule has 0 amide bonds. The Balaban J connectivity index is 1.70. The second kappa shape index (κ2) is 5.32. The Kier molecular flexibility index (Phi) is 3.57. The van der Waals surface area contributed by atoms with Crippen LogP contribution in [0.15, 0.2) is 22.8 Å². The van der Waals surface area contributed by atoms with Gasteiger partial charge in [0.1, 0.15) is 0 Å². The minimum Gasteiger partial charge on any atom is -0.295 e. The number of nitriles is 1. The third kappa shape index (κ3) is 2.03. The van der Waals surface area contributed by atoms with Gasteiger partial charge in [-0.3, -0.25) is 4.79 Å². The number of carbonyl (C=O) groups is 1. The van der Waals surface area contributed by atoms with Gasteiger partial charge in [-0.25, -0.2) is 0 Å². The Hall–Kier alpha value is -1.36. The molecule has 3 fully saturated rings. The van der Waals surface area contributed by atoms with Gasteiger partial charge in [-0.15, -0.1) is 0 Å². The quantitative estimate of drug-likeness (QED) is 0.563. The Morgan fingerprint density at radius 3 is 2.58 bits per heavy atom. The van der Waals surface area contributed by atoms with Crippen molar-refractivity contribution in [3.63, 3.8) is 0 Å². The van der Waals surface area contributed by atoms with E-state index in [2.05, 4.69) is 19.9 Å². The van der Waals surface area contributed by atoms with Crippen LogP contribution < -0.4 is 0 Å². The van der Waals surface area contributed by atoms with Crippen molar-refractivity contribution in [1.82, 2.24) is 0 Å². The van der Waals surface area contributed by atoms with Crippen molar-refractivity contribution in [3.8, 4) is 6.07 Å². The van der Waals surface area contributed by atoms with E-state index in [1.807, 2.05) is 13.0 Å². The summed E-state index contributed by atoms with van der Waals surface area (Å²) in [6.45, 7) is 6.90. The lowest BCUT2D eigenvalue weighted by Crippen LogP contribution is -2.49. The third-order valence-corrected chi connectivity index (χ3v) is 8.37. The first kappa shape index (κ1) is 16.1. The molecule has 0 aromatic heterocycles. The van der Waals surface area contributed by atoms with Gasteiger partial charge < -0.3 is 0 Å². The van der Waals surface area contributed by atoms with Gasteiger partial charge in [-0.2, -0.15) is 5.26 Å². The first-order valence-electron chi connectivity index (χ1n) is 9.74. The lowest BCUT2D eigenvalue weighted by Gasteiger charge is -2.57. The van der Waals surface area contributed by atoms with Crippen molar-refractivity contribution in [3.05, 3.63) is 22.8 Å². The standard InChI is InChI=1S/C22H29NO/c1-14(13-23)18-6-7-19-17-5-4-15-12-16(24)8-10-21(15,2)20(17)9-11-22(18,19)3/h12,17,19-20H,4-11H2,1-3H3/b18-14+/t17-,19-,20-,21-,22+/m0/s1. The van der Waals surface area contributed by atoms with E-state index in [1.54, 1.807) is 0 Å². The van der Waals surface area contributed by atoms with Crippen LogP contribution in [-0.4, -0.2) is 5.78 Å². The highest BCUT2D eigenvalue weighted by atomic mass is 16.1. The number of hydrogen-bond donors (Lipinski definition) is 0. The van der Waals surface area contributed by atoms with Gasteiger partial charge in [-0.05, 0) is 86.5 Å². The molecule has 0 N–H and O–H groups in total. The molecule has 0 heterocycles. The lowest BCUT2D eigenvalue weighted by molar-refractivity contribution is -0.117. The number of nitrogens with zero attached hydrogens (tertiary/aromatic N) is 1. The van der Waals surface area contributed by atoms with Gasteiger partial charge in [0.2, 0.25) is 0 Å². The predicted octanol–water partition coefficient (Wildman–Crippen LogP) is 5.36. The normalized spacial score (nSPS) is 46.3. The molecule has 4 aliphatic rings. The maximum absolute atomic E-state index is 11.9. The summed E-state index contributed by atoms with van der Waals surface area (Å²) in [6, 6.07) is 2.43. The molecular weight excluding hydrogens is 294 g/mol. The highest BCUT2D eigenvalue weighted by Gasteiger charge is 2.57. The van der Waals surface area contributed by atoms with Gasteiger partial charge in [0, 0.05) is 12.0 Å². The van der Waals surface area contributed by atoms with Crippen LogP contribution in [0.25, 0.3) is 0 Å². The topological polar surface area (TPSA) is 40.9 Å². The molecule has 0 saturated heterocycles. The summed E-state index contributed by atoms with van der Waals surface area (Å²) in [4.78, 5) is 11.9. The molecule has 0 spiro atoms. The van der Waals surface area contributed by atoms with Gasteiger partial charge in [-0.1, -0.05) is 25.0 Å². The van der Waals surface area contributed by atoms with E-state index < -0.39 is 0 Å². The van der Waals surface area contributed by atoms with Crippen molar-refractivity contribution in [1.29, 1.82) is 5.26 Å². The van der Waals surface area contributed by atoms with Gasteiger partial charge >= 0.3 is 0 Å². The number of hydrogen-bond acceptors (Lipinski definition) is 2. The molecule has 2 heteroatoms. The Morgan fingerprint density at radius 1 is 1.08 bits per heavy atom. The summed E-state index contributed by atoms with van der Waals surface area (Å²) in [7, 11) is 0. The average Bonchev–Trinajstić information content (AvgIpc) is 2.92. The van der Waals surface area contributed by atoms with Crippen LogP contribution in [0.1, 0.15) is 72.1 Å². The summed E-state index contributed by atoms with van der Waals surface area (Å²) in [5.41, 5.74) is 4.39. The van der Waals surface area contributed by atoms with Crippen LogP contribution in [0, 0.1) is 39.9 Å². The molecule has 128 valence electrons. The summed E-state index contributed by atoms with van der Waals surface area (Å²) in [6.07, 6.45) is 11.0. The molecule has 0 aromatic carbocycles. The number of allylic oxidation sites excluding steroid dienone is 3. The first-order valence-corrected chi connectivity index (χ1v) is 9.74. The largest absolute Gasteiger partial charge is 0.295 e. The number of carbonyl (C=O) groups excluding carboxylic acids is 1. The molecule has 4 rings (SSSR count). The van der Waals surface area contributed by atoms with E-state index in [9.17, 15) is 10.1 Å². The smallest absolute Gasteiger partial charge is 0.155 e. The molecule has 0 unspecified atom stereocenters. The Labute approximate surface area is 146 Å². The van der Waals surface area contributed by atoms with E-state index in [0.717, 1.165) is 49.0 Å². The number of rotatable bonds is 0. The molecule has 0 radical (unpaired) electrons. The van der Waals surface area contributed by atoms with Crippen LogP contribution in [0.2, 0.25) is 0 Å². The van der Waals surface area contributed by atoms with Crippen molar-refractivity contribution >= 4 is 5.78 Å². The maximum atomic E-state index is 11.9. The summed E-state index contributed by atoms with van der Waals surface area (Å²) >= 11 is 0. The summed E-state index contributed by atoms with van der Waals surface area (Å²) < 4.78 is 0. The molecule has 3 saturated carbocycles. The van der Waals surface area contributed by atoms with E-state index in [4.69, 9.17) is 0 Å². The fraction of sp³-hybridized carbons (Fsp3) is 0.727. The SMILES string of the molecule is C/C(C#N)=C1/CC[C@H]2[C@@H]3CCC4=CC(=O)CC[C@]4(C)[C@H]3CC[C@]12C. The fourth-order valence-electron chi connectivity index (χ4n) is 7.06. The Bertz CT molecular complexity index is 693. The van der Waals surface area contributed by atoms with Crippen LogP contribution in [0.4, 0.5) is 0 Å². The molecule has 4 aliphatic carbocycles. The fourth-order valence-corrected chi connectivity index (χ4v) is 7.06. The minimum absolute atomic E-state index is 0.253. The van der Waals surface area contributed by atoms with E-state index in [1.165, 1.54) is 36.8 Å². The minimum atomic E-state index is 0.253. The zero-order chi connectivity index (χ0) is 17.1. The van der Waals surface area contributed by atoms with Crippen molar-refractivity contribution in [2.24, 2.45) is 28.6 Å². The number of fused-ring (bicyclic) bond motifs is 5. The van der Waals surface area contributed by atoms with Crippen LogP contribution in [0.3, 0.4) is 0 Å². The van der Waals surface area contributed by atoms with E-state index >= 15 is 0 Å². The van der Waals surface area contributed by atoms with Crippen molar-refractivity contribution < 1.29 is 4.79 Å². The third-order valence-electron chi connectivity index (χ3n) is 8.37. The first-order chi connectivity index (χ1) is 11.4. The second-order valence-corrected chi connectivity index (χ2v) is 9.18. The van der Waals surface area contributed by atoms with Crippen LogP contribution >= 0.6 is 0 Å². The van der Waals surface area contributed by atoms with Gasteiger partial charge in [0.15, 0.2) is 5.78 Å². The molecule has 0 aromatic rings. The maximum Gasteiger partial charge on any atom is 0.155 e. The molecule has 0 bridgehead atoms. The lowest BCUT2D eigenvalue weighted by atomic mass is 9.47. The molecule has 2 nitrogen and oxygen atoms in total. The average molecular weight is 323 g/mol. The number of ketones is 1. The van der Waals surface area contributed by atoms with Crippen LogP contribution in [0.5, 0.6) is 0 Å². The van der Waals surface area contributed by atoms with Gasteiger partial charge in [0.05, 0.1) is 6.07 Å². The molecular formula is C22H29NO. The monoisotopic (exact) mass is 323 g/mol. The predicted molar refractivity (Wildman–Crippen MR) is 95.0 cm³/mol. The zero-order valence-corrected chi connectivity index (χ0v) is 15.3. The highest BCUT2D eigenvalue weighted by Crippen LogP contribution is 2.66. The van der Waals surface area contributed by atoms with E-state index in [-0.39, 0.29) is 10.8 Å². The molecule has 0 aliphatic heterocycles. The second-order valence-electron chi connectivity index (χ2n) is 9.18. The van der Waals surface area contributed by atoms with Crippen LogP contribution in [-0.2, 0) is 4.79 Å². The van der Waals surface area contributed by atoms with E-state index in [0.29, 0.717) is 5.78 Å². The molecule has 24 heavy (non-hydrogen) atoms. The van der Waals surface area contributed by atoms with Crippen molar-refractivity contribution in [2.45, 2.75) is 72.1 Å². The summed E-state index contributed by atoms with van der Waals surface area (Å²) in [5.74, 6) is 2.61.